The minimum atomic E-state index is 0.0668. The Hall–Kier alpha value is -3.28. The molecule has 1 unspecified atom stereocenters. The SMILES string of the molecule is COc1cc2nccc(NC3CCN(C(C)=O)c4ccccc43)c2cc1OC. The van der Waals surface area contributed by atoms with Gasteiger partial charge in [0.05, 0.1) is 25.8 Å². The van der Waals surface area contributed by atoms with E-state index in [9.17, 15) is 4.79 Å². The van der Waals surface area contributed by atoms with Crippen molar-refractivity contribution in [2.75, 3.05) is 31.0 Å². The highest BCUT2D eigenvalue weighted by atomic mass is 16.5. The summed E-state index contributed by atoms with van der Waals surface area (Å²) >= 11 is 0. The summed E-state index contributed by atoms with van der Waals surface area (Å²) in [5.41, 5.74) is 3.89. The highest BCUT2D eigenvalue weighted by Crippen LogP contribution is 2.39. The number of aromatic nitrogens is 1. The Bertz CT molecular complexity index is 1030. The van der Waals surface area contributed by atoms with Gasteiger partial charge in [0, 0.05) is 42.5 Å². The molecule has 0 saturated carbocycles. The molecule has 0 bridgehead atoms. The number of pyridine rings is 1. The van der Waals surface area contributed by atoms with Gasteiger partial charge in [0.1, 0.15) is 0 Å². The number of nitrogens with one attached hydrogen (secondary N) is 1. The van der Waals surface area contributed by atoms with Gasteiger partial charge in [0.25, 0.3) is 0 Å². The van der Waals surface area contributed by atoms with E-state index in [-0.39, 0.29) is 11.9 Å². The monoisotopic (exact) mass is 377 g/mol. The molecule has 1 aliphatic heterocycles. The van der Waals surface area contributed by atoms with Crippen molar-refractivity contribution in [3.05, 3.63) is 54.2 Å². The lowest BCUT2D eigenvalue weighted by Crippen LogP contribution is -2.36. The number of anilines is 2. The molecule has 0 radical (unpaired) electrons. The zero-order chi connectivity index (χ0) is 19.7. The number of hydrogen-bond acceptors (Lipinski definition) is 5. The summed E-state index contributed by atoms with van der Waals surface area (Å²) in [4.78, 5) is 18.3. The number of rotatable bonds is 4. The third-order valence-electron chi connectivity index (χ3n) is 5.20. The van der Waals surface area contributed by atoms with E-state index in [2.05, 4.69) is 16.4 Å². The van der Waals surface area contributed by atoms with Crippen LogP contribution in [-0.4, -0.2) is 31.7 Å². The first-order valence-electron chi connectivity index (χ1n) is 9.26. The van der Waals surface area contributed by atoms with Crippen molar-refractivity contribution in [3.63, 3.8) is 0 Å². The quantitative estimate of drug-likeness (QED) is 0.740. The number of hydrogen-bond donors (Lipinski definition) is 1. The van der Waals surface area contributed by atoms with E-state index in [1.165, 1.54) is 0 Å². The van der Waals surface area contributed by atoms with Crippen molar-refractivity contribution < 1.29 is 14.3 Å². The largest absolute Gasteiger partial charge is 0.493 e. The maximum absolute atomic E-state index is 12.0. The number of amides is 1. The second kappa shape index (κ2) is 7.38. The highest BCUT2D eigenvalue weighted by molar-refractivity contribution is 5.95. The summed E-state index contributed by atoms with van der Waals surface area (Å²) in [6.45, 7) is 2.30. The van der Waals surface area contributed by atoms with Crippen LogP contribution in [0.15, 0.2) is 48.7 Å². The van der Waals surface area contributed by atoms with E-state index in [1.54, 1.807) is 27.3 Å². The molecule has 1 atom stereocenters. The van der Waals surface area contributed by atoms with Gasteiger partial charge in [-0.05, 0) is 30.2 Å². The Balaban J connectivity index is 1.74. The van der Waals surface area contributed by atoms with E-state index in [1.807, 2.05) is 41.3 Å². The number of methoxy groups -OCH3 is 2. The van der Waals surface area contributed by atoms with E-state index < -0.39 is 0 Å². The third kappa shape index (κ3) is 3.11. The summed E-state index contributed by atoms with van der Waals surface area (Å²) in [6, 6.07) is 14.0. The normalized spacial score (nSPS) is 15.8. The fourth-order valence-electron chi connectivity index (χ4n) is 3.83. The number of carbonyl (C=O) groups is 1. The number of fused-ring (bicyclic) bond motifs is 2. The van der Waals surface area contributed by atoms with Gasteiger partial charge in [-0.15, -0.1) is 0 Å². The second-order valence-electron chi connectivity index (χ2n) is 6.80. The lowest BCUT2D eigenvalue weighted by Gasteiger charge is -2.34. The summed E-state index contributed by atoms with van der Waals surface area (Å²) in [5.74, 6) is 1.38. The summed E-state index contributed by atoms with van der Waals surface area (Å²) in [5, 5.41) is 4.62. The zero-order valence-electron chi connectivity index (χ0n) is 16.2. The van der Waals surface area contributed by atoms with Crippen LogP contribution in [0.2, 0.25) is 0 Å². The van der Waals surface area contributed by atoms with Crippen LogP contribution in [0, 0.1) is 0 Å². The molecule has 1 N–H and O–H groups in total. The van der Waals surface area contributed by atoms with Crippen LogP contribution in [0.3, 0.4) is 0 Å². The standard InChI is InChI=1S/C22H23N3O3/c1-14(26)25-11-9-18(15-6-4-5-7-20(15)25)24-17-8-10-23-19-13-22(28-3)21(27-2)12-16(17)19/h4-8,10,12-13,18H,9,11H2,1-3H3,(H,23,24). The smallest absolute Gasteiger partial charge is 0.223 e. The molecule has 1 amide bonds. The maximum Gasteiger partial charge on any atom is 0.223 e. The van der Waals surface area contributed by atoms with Gasteiger partial charge >= 0.3 is 0 Å². The minimum Gasteiger partial charge on any atom is -0.493 e. The van der Waals surface area contributed by atoms with Crippen molar-refractivity contribution in [1.82, 2.24) is 4.98 Å². The van der Waals surface area contributed by atoms with E-state index in [4.69, 9.17) is 9.47 Å². The summed E-state index contributed by atoms with van der Waals surface area (Å²) in [6.07, 6.45) is 2.61. The van der Waals surface area contributed by atoms with Crippen molar-refractivity contribution in [1.29, 1.82) is 0 Å². The van der Waals surface area contributed by atoms with Crippen LogP contribution >= 0.6 is 0 Å². The molecule has 2 heterocycles. The third-order valence-corrected chi connectivity index (χ3v) is 5.20. The van der Waals surface area contributed by atoms with Crippen LogP contribution in [0.5, 0.6) is 11.5 Å². The van der Waals surface area contributed by atoms with Crippen molar-refractivity contribution in [2.24, 2.45) is 0 Å². The molecule has 28 heavy (non-hydrogen) atoms. The lowest BCUT2D eigenvalue weighted by molar-refractivity contribution is -0.116. The predicted octanol–water partition coefficient (Wildman–Crippen LogP) is 4.16. The van der Waals surface area contributed by atoms with Gasteiger partial charge in [-0.2, -0.15) is 0 Å². The molecular weight excluding hydrogens is 354 g/mol. The zero-order valence-corrected chi connectivity index (χ0v) is 16.2. The Labute approximate surface area is 164 Å². The van der Waals surface area contributed by atoms with Crippen LogP contribution < -0.4 is 19.7 Å². The van der Waals surface area contributed by atoms with Crippen LogP contribution in [-0.2, 0) is 4.79 Å². The van der Waals surface area contributed by atoms with Gasteiger partial charge in [-0.1, -0.05) is 18.2 Å². The van der Waals surface area contributed by atoms with Crippen LogP contribution in [0.1, 0.15) is 24.9 Å². The van der Waals surface area contributed by atoms with Gasteiger partial charge in [-0.3, -0.25) is 9.78 Å². The minimum absolute atomic E-state index is 0.0668. The molecule has 0 saturated heterocycles. The molecule has 1 aliphatic rings. The summed E-state index contributed by atoms with van der Waals surface area (Å²) < 4.78 is 10.9. The molecule has 3 aromatic rings. The average Bonchev–Trinajstić information content (AvgIpc) is 2.73. The van der Waals surface area contributed by atoms with E-state index in [0.717, 1.165) is 34.3 Å². The molecule has 4 rings (SSSR count). The van der Waals surface area contributed by atoms with Crippen molar-refractivity contribution in [3.8, 4) is 11.5 Å². The Morgan fingerprint density at radius 3 is 2.64 bits per heavy atom. The first-order valence-corrected chi connectivity index (χ1v) is 9.26. The highest BCUT2D eigenvalue weighted by Gasteiger charge is 2.27. The van der Waals surface area contributed by atoms with Gasteiger partial charge in [-0.25, -0.2) is 0 Å². The fourth-order valence-corrected chi connectivity index (χ4v) is 3.83. The molecule has 6 heteroatoms. The Morgan fingerprint density at radius 1 is 1.14 bits per heavy atom. The number of nitrogens with zero attached hydrogens (tertiary/aromatic N) is 2. The maximum atomic E-state index is 12.0. The first kappa shape index (κ1) is 18.1. The molecule has 0 fully saturated rings. The van der Waals surface area contributed by atoms with Crippen LogP contribution in [0.4, 0.5) is 11.4 Å². The van der Waals surface area contributed by atoms with Crippen molar-refractivity contribution >= 4 is 28.2 Å². The van der Waals surface area contributed by atoms with Gasteiger partial charge < -0.3 is 19.7 Å². The number of benzene rings is 2. The Morgan fingerprint density at radius 2 is 1.89 bits per heavy atom. The van der Waals surface area contributed by atoms with Gasteiger partial charge in [0.15, 0.2) is 11.5 Å². The molecule has 1 aromatic heterocycles. The first-order chi connectivity index (χ1) is 13.6. The predicted molar refractivity (Wildman–Crippen MR) is 110 cm³/mol. The van der Waals surface area contributed by atoms with E-state index in [0.29, 0.717) is 18.0 Å². The fraction of sp³-hybridized carbons (Fsp3) is 0.273. The van der Waals surface area contributed by atoms with Crippen molar-refractivity contribution in [2.45, 2.75) is 19.4 Å². The molecule has 144 valence electrons. The molecule has 6 nitrogen and oxygen atoms in total. The number of para-hydroxylation sites is 1. The average molecular weight is 377 g/mol. The molecule has 0 aliphatic carbocycles. The number of ether oxygens (including phenoxy) is 2. The van der Waals surface area contributed by atoms with E-state index >= 15 is 0 Å². The van der Waals surface area contributed by atoms with Gasteiger partial charge in [0.2, 0.25) is 5.91 Å². The molecule has 2 aromatic carbocycles. The Kier molecular flexibility index (Phi) is 4.77. The number of carbonyl (C=O) groups excluding carboxylic acids is 1. The van der Waals surface area contributed by atoms with Crippen LogP contribution in [0.25, 0.3) is 10.9 Å². The lowest BCUT2D eigenvalue weighted by atomic mass is 9.95. The summed E-state index contributed by atoms with van der Waals surface area (Å²) in [7, 11) is 3.24. The molecule has 0 spiro atoms. The topological polar surface area (TPSA) is 63.7 Å². The molecular formula is C22H23N3O3. The second-order valence-corrected chi connectivity index (χ2v) is 6.80.